The van der Waals surface area contributed by atoms with Crippen molar-refractivity contribution >= 4 is 11.8 Å². The normalized spacial score (nSPS) is 27.1. The highest BCUT2D eigenvalue weighted by atomic mass is 32.2. The number of aromatic nitrogens is 2. The van der Waals surface area contributed by atoms with Gasteiger partial charge in [0.15, 0.2) is 0 Å². The van der Waals surface area contributed by atoms with Crippen LogP contribution in [0.15, 0.2) is 4.52 Å². The summed E-state index contributed by atoms with van der Waals surface area (Å²) >= 11 is 1.48. The monoisotopic (exact) mass is 281 g/mol. The Morgan fingerprint density at radius 1 is 1.63 bits per heavy atom. The van der Waals surface area contributed by atoms with E-state index in [-0.39, 0.29) is 5.60 Å². The molecule has 1 aliphatic carbocycles. The average Bonchev–Trinajstić information content (AvgIpc) is 2.88. The molecule has 6 heteroatoms. The Kier molecular flexibility index (Phi) is 4.83. The predicted molar refractivity (Wildman–Crippen MR) is 72.4 cm³/mol. The standard InChI is InChI=1S/C13H19N3O2S/c1-10-4-3-5-13(8-10,17-2)12-15-11(18-16-12)9-19-7-6-14/h10H,3-5,7-9H2,1-2H3. The number of nitriles is 1. The van der Waals surface area contributed by atoms with E-state index < -0.39 is 0 Å². The van der Waals surface area contributed by atoms with Crippen molar-refractivity contribution in [2.24, 2.45) is 5.92 Å². The van der Waals surface area contributed by atoms with E-state index in [1.165, 1.54) is 18.2 Å². The Balaban J connectivity index is 2.08. The maximum Gasteiger partial charge on any atom is 0.236 e. The lowest BCUT2D eigenvalue weighted by molar-refractivity contribution is -0.0658. The van der Waals surface area contributed by atoms with Crippen LogP contribution in [0.3, 0.4) is 0 Å². The second-order valence-electron chi connectivity index (χ2n) is 5.06. The lowest BCUT2D eigenvalue weighted by Crippen LogP contribution is -2.35. The van der Waals surface area contributed by atoms with Crippen molar-refractivity contribution in [3.8, 4) is 6.07 Å². The highest BCUT2D eigenvalue weighted by Gasteiger charge is 2.40. The lowest BCUT2D eigenvalue weighted by atomic mass is 9.78. The van der Waals surface area contributed by atoms with E-state index in [1.54, 1.807) is 7.11 Å². The second-order valence-corrected chi connectivity index (χ2v) is 6.05. The Hall–Kier alpha value is -1.06. The van der Waals surface area contributed by atoms with Gasteiger partial charge in [0.2, 0.25) is 11.7 Å². The molecule has 0 bridgehead atoms. The average molecular weight is 281 g/mol. The van der Waals surface area contributed by atoms with Crippen molar-refractivity contribution in [1.82, 2.24) is 10.1 Å². The number of ether oxygens (including phenoxy) is 1. The van der Waals surface area contributed by atoms with Crippen LogP contribution in [-0.4, -0.2) is 23.0 Å². The van der Waals surface area contributed by atoms with Crippen LogP contribution < -0.4 is 0 Å². The Morgan fingerprint density at radius 3 is 3.16 bits per heavy atom. The van der Waals surface area contributed by atoms with Gasteiger partial charge in [0.05, 0.1) is 17.6 Å². The smallest absolute Gasteiger partial charge is 0.236 e. The van der Waals surface area contributed by atoms with Crippen molar-refractivity contribution in [1.29, 1.82) is 5.26 Å². The number of hydrogen-bond donors (Lipinski definition) is 0. The number of rotatable bonds is 5. The first-order valence-electron chi connectivity index (χ1n) is 6.53. The third-order valence-corrected chi connectivity index (χ3v) is 4.40. The molecule has 0 aromatic carbocycles. The second kappa shape index (κ2) is 6.40. The molecule has 0 aliphatic heterocycles. The van der Waals surface area contributed by atoms with Crippen LogP contribution in [0.5, 0.6) is 0 Å². The van der Waals surface area contributed by atoms with E-state index in [2.05, 4.69) is 23.1 Å². The third kappa shape index (κ3) is 3.28. The van der Waals surface area contributed by atoms with Crippen LogP contribution in [0.4, 0.5) is 0 Å². The molecule has 2 rings (SSSR count). The first kappa shape index (κ1) is 14.4. The van der Waals surface area contributed by atoms with E-state index in [4.69, 9.17) is 14.5 Å². The molecule has 5 nitrogen and oxygen atoms in total. The summed E-state index contributed by atoms with van der Waals surface area (Å²) in [7, 11) is 1.72. The summed E-state index contributed by atoms with van der Waals surface area (Å²) in [5.41, 5.74) is -0.390. The number of nitrogens with zero attached hydrogens (tertiary/aromatic N) is 3. The van der Waals surface area contributed by atoms with Crippen LogP contribution in [-0.2, 0) is 16.1 Å². The molecule has 0 saturated heterocycles. The van der Waals surface area contributed by atoms with Gasteiger partial charge in [0, 0.05) is 7.11 Å². The zero-order valence-electron chi connectivity index (χ0n) is 11.4. The summed E-state index contributed by atoms with van der Waals surface area (Å²) in [6, 6.07) is 2.08. The number of methoxy groups -OCH3 is 1. The van der Waals surface area contributed by atoms with Crippen molar-refractivity contribution in [3.63, 3.8) is 0 Å². The predicted octanol–water partition coefficient (Wildman–Crippen LogP) is 2.88. The van der Waals surface area contributed by atoms with E-state index in [0.717, 1.165) is 19.3 Å². The summed E-state index contributed by atoms with van der Waals surface area (Å²) in [6.07, 6.45) is 4.24. The van der Waals surface area contributed by atoms with Gasteiger partial charge in [-0.1, -0.05) is 18.5 Å². The molecule has 1 aliphatic rings. The van der Waals surface area contributed by atoms with Crippen molar-refractivity contribution in [3.05, 3.63) is 11.7 Å². The number of thioether (sulfide) groups is 1. The summed E-state index contributed by atoms with van der Waals surface area (Å²) < 4.78 is 11.0. The first-order chi connectivity index (χ1) is 9.20. The Labute approximate surface area is 117 Å². The highest BCUT2D eigenvalue weighted by Crippen LogP contribution is 2.41. The van der Waals surface area contributed by atoms with Crippen molar-refractivity contribution in [2.45, 2.75) is 44.0 Å². The molecule has 0 amide bonds. The quantitative estimate of drug-likeness (QED) is 0.773. The van der Waals surface area contributed by atoms with Gasteiger partial charge in [-0.25, -0.2) is 0 Å². The molecule has 19 heavy (non-hydrogen) atoms. The molecule has 1 aromatic heterocycles. The maximum absolute atomic E-state index is 8.50. The lowest BCUT2D eigenvalue weighted by Gasteiger charge is -2.36. The Bertz CT molecular complexity index is 457. The fourth-order valence-electron chi connectivity index (χ4n) is 2.67. The molecule has 0 N–H and O–H groups in total. The molecule has 1 aromatic rings. The zero-order chi connectivity index (χ0) is 13.7. The topological polar surface area (TPSA) is 71.9 Å². The summed E-state index contributed by atoms with van der Waals surface area (Å²) in [5.74, 6) is 2.86. The van der Waals surface area contributed by atoms with Gasteiger partial charge in [0.25, 0.3) is 0 Å². The van der Waals surface area contributed by atoms with Gasteiger partial charge in [0.1, 0.15) is 5.60 Å². The molecule has 1 heterocycles. The third-order valence-electron chi connectivity index (χ3n) is 3.61. The van der Waals surface area contributed by atoms with E-state index >= 15 is 0 Å². The molecular formula is C13H19N3O2S. The van der Waals surface area contributed by atoms with E-state index in [1.807, 2.05) is 0 Å². The molecule has 0 radical (unpaired) electrons. The SMILES string of the molecule is COC1(c2noc(CSCC#N)n2)CCCC(C)C1. The van der Waals surface area contributed by atoms with Gasteiger partial charge in [-0.05, 0) is 25.2 Å². The highest BCUT2D eigenvalue weighted by molar-refractivity contribution is 7.98. The first-order valence-corrected chi connectivity index (χ1v) is 7.68. The van der Waals surface area contributed by atoms with Crippen LogP contribution in [0.1, 0.15) is 44.3 Å². The maximum atomic E-state index is 8.50. The van der Waals surface area contributed by atoms with E-state index in [0.29, 0.717) is 29.1 Å². The number of hydrogen-bond acceptors (Lipinski definition) is 6. The largest absolute Gasteiger partial charge is 0.370 e. The molecule has 1 saturated carbocycles. The minimum atomic E-state index is -0.390. The molecule has 0 spiro atoms. The van der Waals surface area contributed by atoms with Crippen LogP contribution in [0.25, 0.3) is 0 Å². The van der Waals surface area contributed by atoms with Crippen LogP contribution in [0, 0.1) is 17.2 Å². The van der Waals surface area contributed by atoms with Gasteiger partial charge in [-0.15, -0.1) is 11.8 Å². The zero-order valence-corrected chi connectivity index (χ0v) is 12.2. The van der Waals surface area contributed by atoms with Crippen LogP contribution >= 0.6 is 11.8 Å². The van der Waals surface area contributed by atoms with Crippen LogP contribution in [0.2, 0.25) is 0 Å². The van der Waals surface area contributed by atoms with Gasteiger partial charge in [-0.3, -0.25) is 0 Å². The molecule has 2 atom stereocenters. The van der Waals surface area contributed by atoms with E-state index in [9.17, 15) is 0 Å². The molecule has 1 fully saturated rings. The van der Waals surface area contributed by atoms with Gasteiger partial charge >= 0.3 is 0 Å². The van der Waals surface area contributed by atoms with Gasteiger partial charge < -0.3 is 9.26 Å². The fraction of sp³-hybridized carbons (Fsp3) is 0.769. The minimum absolute atomic E-state index is 0.390. The van der Waals surface area contributed by atoms with Gasteiger partial charge in [-0.2, -0.15) is 10.2 Å². The molecule has 2 unspecified atom stereocenters. The van der Waals surface area contributed by atoms with Crippen molar-refractivity contribution in [2.75, 3.05) is 12.9 Å². The summed E-state index contributed by atoms with van der Waals surface area (Å²) in [5, 5.41) is 12.6. The van der Waals surface area contributed by atoms with Crippen molar-refractivity contribution < 1.29 is 9.26 Å². The molecule has 104 valence electrons. The fourth-order valence-corrected chi connectivity index (χ4v) is 3.15. The summed E-state index contributed by atoms with van der Waals surface area (Å²) in [6.45, 7) is 2.23. The molecular weight excluding hydrogens is 262 g/mol. The Morgan fingerprint density at radius 2 is 2.47 bits per heavy atom. The minimum Gasteiger partial charge on any atom is -0.370 e. The summed E-state index contributed by atoms with van der Waals surface area (Å²) in [4.78, 5) is 4.45.